The summed E-state index contributed by atoms with van der Waals surface area (Å²) in [7, 11) is 0. The molecule has 14 heavy (non-hydrogen) atoms. The molecule has 0 bridgehead atoms. The van der Waals surface area contributed by atoms with Crippen LogP contribution in [0.2, 0.25) is 0 Å². The molecule has 0 spiro atoms. The van der Waals surface area contributed by atoms with Gasteiger partial charge in [-0.05, 0) is 19.3 Å². The zero-order chi connectivity index (χ0) is 10.7. The van der Waals surface area contributed by atoms with Gasteiger partial charge >= 0.3 is 12.0 Å². The molecule has 0 saturated carbocycles. The Balaban J connectivity index is 2.69. The number of carboxylic acids is 1. The molecule has 1 fully saturated rings. The van der Waals surface area contributed by atoms with Crippen molar-refractivity contribution in [1.82, 2.24) is 10.2 Å². The van der Waals surface area contributed by atoms with Gasteiger partial charge in [0, 0.05) is 13.1 Å². The van der Waals surface area contributed by atoms with Gasteiger partial charge in [0.15, 0.2) is 0 Å². The third-order valence-electron chi connectivity index (χ3n) is 2.54. The van der Waals surface area contributed by atoms with Crippen LogP contribution in [-0.4, -0.2) is 41.1 Å². The Morgan fingerprint density at radius 1 is 1.57 bits per heavy atom. The highest BCUT2D eigenvalue weighted by Crippen LogP contribution is 2.23. The third-order valence-corrected chi connectivity index (χ3v) is 2.54. The molecule has 0 aliphatic carbocycles. The number of amides is 2. The maximum Gasteiger partial charge on any atom is 0.326 e. The first kappa shape index (κ1) is 10.8. The van der Waals surface area contributed by atoms with Gasteiger partial charge < -0.3 is 15.3 Å². The number of nitrogens with zero attached hydrogens (tertiary/aromatic N) is 1. The highest BCUT2D eigenvalue weighted by atomic mass is 16.4. The molecule has 1 rings (SSSR count). The van der Waals surface area contributed by atoms with Crippen molar-refractivity contribution in [3.05, 3.63) is 0 Å². The van der Waals surface area contributed by atoms with Crippen molar-refractivity contribution in [3.8, 4) is 0 Å². The standard InChI is InChI=1S/C9H16N2O3/c1-3-10-9(14)11-5-4-6(2)7(11)8(12)13/h6-7H,3-5H2,1-2H3,(H,10,14)(H,12,13). The van der Waals surface area contributed by atoms with Crippen LogP contribution in [0.4, 0.5) is 4.79 Å². The molecule has 0 aromatic heterocycles. The van der Waals surface area contributed by atoms with Crippen molar-refractivity contribution in [3.63, 3.8) is 0 Å². The first-order valence-corrected chi connectivity index (χ1v) is 4.85. The molecule has 5 nitrogen and oxygen atoms in total. The number of aliphatic carboxylic acids is 1. The van der Waals surface area contributed by atoms with Crippen LogP contribution in [-0.2, 0) is 4.79 Å². The fourth-order valence-corrected chi connectivity index (χ4v) is 1.80. The monoisotopic (exact) mass is 200 g/mol. The molecule has 0 aromatic carbocycles. The van der Waals surface area contributed by atoms with Gasteiger partial charge in [-0.15, -0.1) is 0 Å². The maximum atomic E-state index is 11.5. The number of likely N-dealkylation sites (tertiary alicyclic amines) is 1. The summed E-state index contributed by atoms with van der Waals surface area (Å²) >= 11 is 0. The summed E-state index contributed by atoms with van der Waals surface area (Å²) in [5, 5.41) is 11.6. The summed E-state index contributed by atoms with van der Waals surface area (Å²) in [6, 6.07) is -0.939. The Morgan fingerprint density at radius 3 is 2.71 bits per heavy atom. The van der Waals surface area contributed by atoms with Gasteiger partial charge in [0.1, 0.15) is 6.04 Å². The smallest absolute Gasteiger partial charge is 0.326 e. The molecular weight excluding hydrogens is 184 g/mol. The molecule has 0 aromatic rings. The van der Waals surface area contributed by atoms with Crippen LogP contribution < -0.4 is 5.32 Å². The average Bonchev–Trinajstić information content (AvgIpc) is 2.47. The third kappa shape index (κ3) is 1.97. The Morgan fingerprint density at radius 2 is 2.21 bits per heavy atom. The molecule has 1 aliphatic rings. The largest absolute Gasteiger partial charge is 0.480 e. The Labute approximate surface area is 83.1 Å². The Kier molecular flexibility index (Phi) is 3.33. The highest BCUT2D eigenvalue weighted by Gasteiger charge is 2.39. The molecule has 1 saturated heterocycles. The lowest BCUT2D eigenvalue weighted by Crippen LogP contribution is -2.47. The molecule has 2 N–H and O–H groups in total. The van der Waals surface area contributed by atoms with Crippen LogP contribution in [0.25, 0.3) is 0 Å². The van der Waals surface area contributed by atoms with Gasteiger partial charge in [-0.3, -0.25) is 0 Å². The number of rotatable bonds is 2. The van der Waals surface area contributed by atoms with E-state index in [0.29, 0.717) is 13.1 Å². The van der Waals surface area contributed by atoms with Crippen molar-refractivity contribution in [2.75, 3.05) is 13.1 Å². The molecule has 5 heteroatoms. The lowest BCUT2D eigenvalue weighted by atomic mass is 10.0. The van der Waals surface area contributed by atoms with Crippen LogP contribution in [0, 0.1) is 5.92 Å². The molecule has 1 heterocycles. The minimum absolute atomic E-state index is 0.0371. The van der Waals surface area contributed by atoms with E-state index in [2.05, 4.69) is 5.32 Å². The first-order valence-electron chi connectivity index (χ1n) is 4.85. The fourth-order valence-electron chi connectivity index (χ4n) is 1.80. The Hall–Kier alpha value is -1.26. The first-order chi connectivity index (χ1) is 6.57. The number of carbonyl (C=O) groups is 2. The average molecular weight is 200 g/mol. The van der Waals surface area contributed by atoms with E-state index in [1.807, 2.05) is 13.8 Å². The normalized spacial score (nSPS) is 26.3. The second kappa shape index (κ2) is 4.30. The van der Waals surface area contributed by atoms with E-state index in [0.717, 1.165) is 6.42 Å². The minimum atomic E-state index is -0.916. The van der Waals surface area contributed by atoms with Crippen LogP contribution in [0.1, 0.15) is 20.3 Å². The van der Waals surface area contributed by atoms with Gasteiger partial charge in [0.25, 0.3) is 0 Å². The second-order valence-electron chi connectivity index (χ2n) is 3.58. The minimum Gasteiger partial charge on any atom is -0.480 e. The van der Waals surface area contributed by atoms with Crippen molar-refractivity contribution in [2.24, 2.45) is 5.92 Å². The van der Waals surface area contributed by atoms with Crippen LogP contribution in [0.15, 0.2) is 0 Å². The quantitative estimate of drug-likeness (QED) is 0.682. The van der Waals surface area contributed by atoms with Crippen LogP contribution >= 0.6 is 0 Å². The molecule has 80 valence electrons. The van der Waals surface area contributed by atoms with E-state index in [1.165, 1.54) is 4.90 Å². The lowest BCUT2D eigenvalue weighted by molar-refractivity contribution is -0.142. The van der Waals surface area contributed by atoms with Gasteiger partial charge in [0.05, 0.1) is 0 Å². The lowest BCUT2D eigenvalue weighted by Gasteiger charge is -2.23. The number of hydrogen-bond acceptors (Lipinski definition) is 2. The van der Waals surface area contributed by atoms with E-state index < -0.39 is 12.0 Å². The van der Waals surface area contributed by atoms with Crippen molar-refractivity contribution in [2.45, 2.75) is 26.3 Å². The zero-order valence-electron chi connectivity index (χ0n) is 8.49. The van der Waals surface area contributed by atoms with Crippen LogP contribution in [0.5, 0.6) is 0 Å². The number of carboxylic acid groups (broad SMARTS) is 1. The summed E-state index contributed by atoms with van der Waals surface area (Å²) < 4.78 is 0. The van der Waals surface area contributed by atoms with E-state index >= 15 is 0 Å². The SMILES string of the molecule is CCNC(=O)N1CCC(C)C1C(=O)O. The molecule has 2 unspecified atom stereocenters. The number of urea groups is 1. The molecular formula is C9H16N2O3. The molecule has 1 aliphatic heterocycles. The van der Waals surface area contributed by atoms with E-state index in [-0.39, 0.29) is 11.9 Å². The zero-order valence-corrected chi connectivity index (χ0v) is 8.49. The van der Waals surface area contributed by atoms with Crippen molar-refractivity contribution >= 4 is 12.0 Å². The topological polar surface area (TPSA) is 69.6 Å². The van der Waals surface area contributed by atoms with Gasteiger partial charge in [-0.1, -0.05) is 6.92 Å². The van der Waals surface area contributed by atoms with E-state index in [4.69, 9.17) is 5.11 Å². The van der Waals surface area contributed by atoms with E-state index in [1.54, 1.807) is 0 Å². The summed E-state index contributed by atoms with van der Waals surface area (Å²) in [6.45, 7) is 4.73. The number of hydrogen-bond donors (Lipinski definition) is 2. The number of carbonyl (C=O) groups excluding carboxylic acids is 1. The van der Waals surface area contributed by atoms with Gasteiger partial charge in [0.2, 0.25) is 0 Å². The maximum absolute atomic E-state index is 11.5. The summed E-state index contributed by atoms with van der Waals surface area (Å²) in [4.78, 5) is 23.8. The predicted octanol–water partition coefficient (Wildman–Crippen LogP) is 0.511. The van der Waals surface area contributed by atoms with Gasteiger partial charge in [-0.25, -0.2) is 9.59 Å². The summed E-state index contributed by atoms with van der Waals surface area (Å²) in [6.07, 6.45) is 0.758. The summed E-state index contributed by atoms with van der Waals surface area (Å²) in [5.41, 5.74) is 0. The van der Waals surface area contributed by atoms with Crippen LogP contribution in [0.3, 0.4) is 0 Å². The second-order valence-corrected chi connectivity index (χ2v) is 3.58. The van der Waals surface area contributed by atoms with E-state index in [9.17, 15) is 9.59 Å². The Bertz CT molecular complexity index is 242. The molecule has 2 amide bonds. The fraction of sp³-hybridized carbons (Fsp3) is 0.778. The molecule has 2 atom stereocenters. The highest BCUT2D eigenvalue weighted by molar-refractivity contribution is 5.83. The summed E-state index contributed by atoms with van der Waals surface area (Å²) in [5.74, 6) is -0.878. The number of nitrogens with one attached hydrogen (secondary N) is 1. The van der Waals surface area contributed by atoms with Crippen molar-refractivity contribution < 1.29 is 14.7 Å². The van der Waals surface area contributed by atoms with Gasteiger partial charge in [-0.2, -0.15) is 0 Å². The predicted molar refractivity (Wildman–Crippen MR) is 51.0 cm³/mol. The van der Waals surface area contributed by atoms with Crippen molar-refractivity contribution in [1.29, 1.82) is 0 Å². The molecule has 0 radical (unpaired) electrons.